The highest BCUT2D eigenvalue weighted by atomic mass is 16.5. The minimum Gasteiger partial charge on any atom is -0.497 e. The van der Waals surface area contributed by atoms with E-state index >= 15 is 0 Å². The molecule has 362 valence electrons. The third kappa shape index (κ3) is 13.0. The van der Waals surface area contributed by atoms with Gasteiger partial charge in [-0.2, -0.15) is 0 Å². The van der Waals surface area contributed by atoms with Gasteiger partial charge in [-0.05, 0) is 162 Å². The summed E-state index contributed by atoms with van der Waals surface area (Å²) in [6, 6.07) is 54.1. The van der Waals surface area contributed by atoms with Crippen LogP contribution in [0.1, 0.15) is 130 Å². The lowest BCUT2D eigenvalue weighted by Gasteiger charge is -2.29. The molecule has 0 saturated carbocycles. The van der Waals surface area contributed by atoms with E-state index in [-0.39, 0.29) is 17.4 Å². The van der Waals surface area contributed by atoms with Crippen LogP contribution in [0, 0.1) is 13.8 Å². The van der Waals surface area contributed by atoms with E-state index in [2.05, 4.69) is 182 Å². The van der Waals surface area contributed by atoms with Gasteiger partial charge in [0.2, 0.25) is 0 Å². The highest BCUT2D eigenvalue weighted by Crippen LogP contribution is 2.41. The molecule has 7 aromatic carbocycles. The van der Waals surface area contributed by atoms with Crippen LogP contribution < -0.4 is 23.8 Å². The first-order valence-electron chi connectivity index (χ1n) is 24.2. The second-order valence-corrected chi connectivity index (χ2v) is 18.5. The summed E-state index contributed by atoms with van der Waals surface area (Å²) in [6.07, 6.45) is 4.23. The predicted octanol–water partition coefficient (Wildman–Crippen LogP) is 16.3. The number of hydrogen-bond donors (Lipinski definition) is 0. The number of nitrogens with zero attached hydrogens (tertiary/aromatic N) is 1. The molecule has 7 heteroatoms. The Hall–Kier alpha value is -7.38. The largest absolute Gasteiger partial charge is 0.497 e. The molecule has 0 amide bonds. The number of carbonyl (C=O) groups excluding carboxylic acids is 2. The van der Waals surface area contributed by atoms with E-state index in [1.165, 1.54) is 41.7 Å². The van der Waals surface area contributed by atoms with Gasteiger partial charge >= 0.3 is 11.9 Å². The summed E-state index contributed by atoms with van der Waals surface area (Å²) in [5.41, 5.74) is 14.5. The van der Waals surface area contributed by atoms with Crippen molar-refractivity contribution in [3.05, 3.63) is 208 Å². The van der Waals surface area contributed by atoms with E-state index in [9.17, 15) is 9.59 Å². The summed E-state index contributed by atoms with van der Waals surface area (Å²) in [7, 11) is 3.40. The average molecular weight is 936 g/mol. The van der Waals surface area contributed by atoms with Gasteiger partial charge in [-0.15, -0.1) is 0 Å². The fourth-order valence-corrected chi connectivity index (χ4v) is 8.38. The normalized spacial score (nSPS) is 12.2. The minimum atomic E-state index is -0.339. The van der Waals surface area contributed by atoms with Crippen molar-refractivity contribution in [2.75, 3.05) is 19.1 Å². The van der Waals surface area contributed by atoms with Crippen molar-refractivity contribution in [3.8, 4) is 23.0 Å². The molecule has 0 spiro atoms. The summed E-state index contributed by atoms with van der Waals surface area (Å²) >= 11 is 0. The summed E-state index contributed by atoms with van der Waals surface area (Å²) in [5, 5.41) is 0. The molecule has 2 atom stereocenters. The van der Waals surface area contributed by atoms with Gasteiger partial charge in [-0.1, -0.05) is 138 Å². The number of anilines is 3. The lowest BCUT2D eigenvalue weighted by atomic mass is 9.75. The van der Waals surface area contributed by atoms with Crippen LogP contribution in [0.5, 0.6) is 23.0 Å². The number of carbonyl (C=O) groups is 2. The first kappa shape index (κ1) is 52.0. The zero-order chi connectivity index (χ0) is 50.5. The van der Waals surface area contributed by atoms with Crippen molar-refractivity contribution < 1.29 is 28.5 Å². The second-order valence-electron chi connectivity index (χ2n) is 18.5. The van der Waals surface area contributed by atoms with Gasteiger partial charge in [0.25, 0.3) is 0 Å². The third-order valence-electron chi connectivity index (χ3n) is 13.1. The van der Waals surface area contributed by atoms with Gasteiger partial charge < -0.3 is 23.8 Å². The SMILES string of the molecule is CCC(C)c1cc(C(C)(C)c2ccc(OC(C)=O)c(C(C)CC)c2)ccc1OC.COc1ccc(C(=Cc2ccc(N(c3ccc(C)cc3)c3ccc(C)cc3)cc2)c2ccc(OC(C)=O)cc2)cc1. The molecule has 0 aromatic heterocycles. The molecular weight excluding hydrogens is 867 g/mol. The van der Waals surface area contributed by atoms with Crippen molar-refractivity contribution in [2.24, 2.45) is 0 Å². The highest BCUT2D eigenvalue weighted by molar-refractivity contribution is 5.92. The zero-order valence-corrected chi connectivity index (χ0v) is 43.1. The van der Waals surface area contributed by atoms with Crippen LogP contribution in [0.4, 0.5) is 17.1 Å². The fraction of sp³-hybridized carbons (Fsp3) is 0.270. The number of benzene rings is 7. The van der Waals surface area contributed by atoms with Crippen LogP contribution in [0.15, 0.2) is 158 Å². The molecule has 0 aliphatic carbocycles. The Balaban J connectivity index is 0.000000245. The summed E-state index contributed by atoms with van der Waals surface area (Å²) in [4.78, 5) is 25.2. The van der Waals surface area contributed by atoms with Crippen molar-refractivity contribution in [3.63, 3.8) is 0 Å². The average Bonchev–Trinajstić information content (AvgIpc) is 3.36. The summed E-state index contributed by atoms with van der Waals surface area (Å²) < 4.78 is 21.7. The summed E-state index contributed by atoms with van der Waals surface area (Å²) in [6.45, 7) is 20.3. The standard InChI is InChI=1S/C37H33NO3.C26H36O3/c1-26-5-15-32(16-6-26)38(33-17-7-27(2)8-18-33)34-19-9-29(10-20-34)25-37(30-11-21-35(40-4)22-12-30)31-13-23-36(24-14-31)41-28(3)39;1-9-17(3)22-15-20(11-13-24(22)28-8)26(6,7)21-12-14-25(29-19(5)27)23(16-21)18(4)10-2/h5-25H,1-4H3;11-18H,9-10H2,1-8H3. The smallest absolute Gasteiger partial charge is 0.308 e. The summed E-state index contributed by atoms with van der Waals surface area (Å²) in [5.74, 6) is 3.06. The number of esters is 2. The molecule has 70 heavy (non-hydrogen) atoms. The Morgan fingerprint density at radius 3 is 1.36 bits per heavy atom. The Kier molecular flexibility index (Phi) is 17.7. The quantitative estimate of drug-likeness (QED) is 0.0543. The zero-order valence-electron chi connectivity index (χ0n) is 43.1. The molecule has 0 bridgehead atoms. The molecule has 0 radical (unpaired) electrons. The fourth-order valence-electron chi connectivity index (χ4n) is 8.38. The molecule has 7 aromatic rings. The number of aryl methyl sites for hydroxylation is 2. The van der Waals surface area contributed by atoms with E-state index in [0.717, 1.165) is 69.2 Å². The maximum atomic E-state index is 11.5. The third-order valence-corrected chi connectivity index (χ3v) is 13.1. The van der Waals surface area contributed by atoms with Crippen LogP contribution in [0.3, 0.4) is 0 Å². The molecule has 0 fully saturated rings. The molecule has 0 heterocycles. The van der Waals surface area contributed by atoms with Gasteiger partial charge in [0.05, 0.1) is 14.2 Å². The van der Waals surface area contributed by atoms with E-state index < -0.39 is 0 Å². The molecular formula is C63H69NO6. The van der Waals surface area contributed by atoms with Crippen molar-refractivity contribution in [1.29, 1.82) is 0 Å². The first-order chi connectivity index (χ1) is 33.5. The van der Waals surface area contributed by atoms with Crippen molar-refractivity contribution in [1.82, 2.24) is 0 Å². The molecule has 7 nitrogen and oxygen atoms in total. The number of ether oxygens (including phenoxy) is 4. The van der Waals surface area contributed by atoms with E-state index in [1.807, 2.05) is 42.5 Å². The Morgan fingerprint density at radius 1 is 0.529 bits per heavy atom. The number of methoxy groups -OCH3 is 2. The Morgan fingerprint density at radius 2 is 0.943 bits per heavy atom. The van der Waals surface area contributed by atoms with Crippen molar-refractivity contribution in [2.45, 2.75) is 99.3 Å². The monoisotopic (exact) mass is 936 g/mol. The molecule has 0 aliphatic rings. The van der Waals surface area contributed by atoms with Gasteiger partial charge in [0.15, 0.2) is 0 Å². The predicted molar refractivity (Wildman–Crippen MR) is 289 cm³/mol. The van der Waals surface area contributed by atoms with Crippen LogP contribution in [-0.4, -0.2) is 26.2 Å². The molecule has 0 aliphatic heterocycles. The van der Waals surface area contributed by atoms with E-state index in [0.29, 0.717) is 23.3 Å². The van der Waals surface area contributed by atoms with E-state index in [4.69, 9.17) is 18.9 Å². The van der Waals surface area contributed by atoms with Gasteiger partial charge in [0.1, 0.15) is 23.0 Å². The van der Waals surface area contributed by atoms with Gasteiger partial charge in [-0.3, -0.25) is 9.59 Å². The molecule has 7 rings (SSSR count). The van der Waals surface area contributed by atoms with Crippen LogP contribution in [0.25, 0.3) is 11.6 Å². The van der Waals surface area contributed by atoms with Crippen LogP contribution in [-0.2, 0) is 15.0 Å². The topological polar surface area (TPSA) is 74.3 Å². The van der Waals surface area contributed by atoms with E-state index in [1.54, 1.807) is 14.2 Å². The number of hydrogen-bond acceptors (Lipinski definition) is 7. The Labute approximate surface area is 416 Å². The lowest BCUT2D eigenvalue weighted by Crippen LogP contribution is -2.20. The maximum absolute atomic E-state index is 11.5. The first-order valence-corrected chi connectivity index (χ1v) is 24.2. The lowest BCUT2D eigenvalue weighted by molar-refractivity contribution is -0.132. The van der Waals surface area contributed by atoms with Crippen LogP contribution >= 0.6 is 0 Å². The molecule has 0 saturated heterocycles. The van der Waals surface area contributed by atoms with Gasteiger partial charge in [-0.25, -0.2) is 0 Å². The van der Waals surface area contributed by atoms with Crippen molar-refractivity contribution >= 4 is 40.6 Å². The second kappa shape index (κ2) is 23.8. The molecule has 2 unspecified atom stereocenters. The molecule has 0 N–H and O–H groups in total. The van der Waals surface area contributed by atoms with Gasteiger partial charge in [0, 0.05) is 36.3 Å². The number of rotatable bonds is 16. The minimum absolute atomic E-state index is 0.189. The maximum Gasteiger partial charge on any atom is 0.308 e. The highest BCUT2D eigenvalue weighted by Gasteiger charge is 2.27. The Bertz CT molecular complexity index is 2810. The van der Waals surface area contributed by atoms with Crippen LogP contribution in [0.2, 0.25) is 0 Å².